The summed E-state index contributed by atoms with van der Waals surface area (Å²) in [5.41, 5.74) is 9.59. The fraction of sp³-hybridized carbons (Fsp3) is 0.250. The lowest BCUT2D eigenvalue weighted by Crippen LogP contribution is -1.99. The molecular formula is C16H20N2O2. The highest BCUT2D eigenvalue weighted by Gasteiger charge is 2.04. The van der Waals surface area contributed by atoms with E-state index in [-0.39, 0.29) is 0 Å². The lowest BCUT2D eigenvalue weighted by atomic mass is 10.1. The number of aryl methyl sites for hydroxylation is 1. The predicted molar refractivity (Wildman–Crippen MR) is 83.0 cm³/mol. The third kappa shape index (κ3) is 3.15. The fourth-order valence-electron chi connectivity index (χ4n) is 1.95. The average Bonchev–Trinajstić information content (AvgIpc) is 2.45. The van der Waals surface area contributed by atoms with Gasteiger partial charge in [0, 0.05) is 17.4 Å². The van der Waals surface area contributed by atoms with Crippen molar-refractivity contribution in [3.63, 3.8) is 0 Å². The van der Waals surface area contributed by atoms with Crippen LogP contribution in [0.4, 0.5) is 17.1 Å². The molecule has 0 aliphatic carbocycles. The molecule has 0 atom stereocenters. The van der Waals surface area contributed by atoms with Crippen LogP contribution in [-0.2, 0) is 0 Å². The van der Waals surface area contributed by atoms with Gasteiger partial charge in [-0.1, -0.05) is 0 Å². The number of hydrogen-bond donors (Lipinski definition) is 2. The molecule has 2 aromatic carbocycles. The Morgan fingerprint density at radius 2 is 1.95 bits per heavy atom. The normalized spacial score (nSPS) is 10.2. The van der Waals surface area contributed by atoms with E-state index in [1.807, 2.05) is 50.2 Å². The smallest absolute Gasteiger partial charge is 0.144 e. The van der Waals surface area contributed by atoms with E-state index in [1.54, 1.807) is 7.11 Å². The van der Waals surface area contributed by atoms with Crippen LogP contribution in [0.2, 0.25) is 0 Å². The maximum atomic E-state index is 5.87. The van der Waals surface area contributed by atoms with Gasteiger partial charge in [-0.2, -0.15) is 0 Å². The molecular weight excluding hydrogens is 252 g/mol. The number of nitrogen functional groups attached to an aromatic ring is 1. The van der Waals surface area contributed by atoms with Crippen LogP contribution in [0.5, 0.6) is 11.5 Å². The summed E-state index contributed by atoms with van der Waals surface area (Å²) in [6, 6.07) is 11.6. The van der Waals surface area contributed by atoms with Gasteiger partial charge in [0.2, 0.25) is 0 Å². The fourth-order valence-corrected chi connectivity index (χ4v) is 1.95. The highest BCUT2D eigenvalue weighted by Crippen LogP contribution is 2.29. The average molecular weight is 272 g/mol. The molecule has 0 saturated carbocycles. The molecule has 0 fully saturated rings. The van der Waals surface area contributed by atoms with Gasteiger partial charge >= 0.3 is 0 Å². The summed E-state index contributed by atoms with van der Waals surface area (Å²) in [4.78, 5) is 0. The maximum absolute atomic E-state index is 5.87. The van der Waals surface area contributed by atoms with Gasteiger partial charge in [0.25, 0.3) is 0 Å². The molecule has 4 heteroatoms. The van der Waals surface area contributed by atoms with Crippen molar-refractivity contribution in [2.75, 3.05) is 24.8 Å². The second kappa shape index (κ2) is 6.19. The van der Waals surface area contributed by atoms with Gasteiger partial charge in [0.15, 0.2) is 0 Å². The van der Waals surface area contributed by atoms with E-state index in [0.717, 1.165) is 22.7 Å². The SMILES string of the molecule is CCOc1cc(Nc2ccc(OC)cc2C)ccc1N. The highest BCUT2D eigenvalue weighted by molar-refractivity contribution is 5.68. The summed E-state index contributed by atoms with van der Waals surface area (Å²) < 4.78 is 10.7. The molecule has 2 rings (SSSR count). The van der Waals surface area contributed by atoms with Crippen molar-refractivity contribution in [3.05, 3.63) is 42.0 Å². The summed E-state index contributed by atoms with van der Waals surface area (Å²) in [5, 5.41) is 3.36. The molecule has 0 bridgehead atoms. The lowest BCUT2D eigenvalue weighted by Gasteiger charge is -2.13. The Balaban J connectivity index is 2.23. The summed E-state index contributed by atoms with van der Waals surface area (Å²) in [6.45, 7) is 4.56. The molecule has 0 radical (unpaired) electrons. The molecule has 0 aliphatic rings. The number of methoxy groups -OCH3 is 1. The Hall–Kier alpha value is -2.36. The first-order chi connectivity index (χ1) is 9.63. The quantitative estimate of drug-likeness (QED) is 0.814. The largest absolute Gasteiger partial charge is 0.497 e. The lowest BCUT2D eigenvalue weighted by molar-refractivity contribution is 0.342. The Morgan fingerprint density at radius 3 is 2.60 bits per heavy atom. The first-order valence-corrected chi connectivity index (χ1v) is 6.58. The minimum absolute atomic E-state index is 0.592. The zero-order chi connectivity index (χ0) is 14.5. The third-order valence-corrected chi connectivity index (χ3v) is 3.03. The Bertz CT molecular complexity index is 597. The molecule has 0 aromatic heterocycles. The molecule has 0 amide bonds. The molecule has 20 heavy (non-hydrogen) atoms. The van der Waals surface area contributed by atoms with E-state index < -0.39 is 0 Å². The van der Waals surface area contributed by atoms with E-state index in [2.05, 4.69) is 5.32 Å². The van der Waals surface area contributed by atoms with Crippen LogP contribution < -0.4 is 20.5 Å². The summed E-state index contributed by atoms with van der Waals surface area (Å²) in [5.74, 6) is 1.55. The Labute approximate surface area is 119 Å². The number of hydrogen-bond acceptors (Lipinski definition) is 4. The van der Waals surface area contributed by atoms with Gasteiger partial charge in [0.1, 0.15) is 11.5 Å². The summed E-state index contributed by atoms with van der Waals surface area (Å²) >= 11 is 0. The number of anilines is 3. The Morgan fingerprint density at radius 1 is 1.15 bits per heavy atom. The number of nitrogens with two attached hydrogens (primary N) is 1. The molecule has 0 heterocycles. The van der Waals surface area contributed by atoms with Crippen LogP contribution >= 0.6 is 0 Å². The first kappa shape index (κ1) is 14.1. The Kier molecular flexibility index (Phi) is 4.35. The maximum Gasteiger partial charge on any atom is 0.144 e. The molecule has 4 nitrogen and oxygen atoms in total. The zero-order valence-electron chi connectivity index (χ0n) is 12.1. The van der Waals surface area contributed by atoms with Crippen LogP contribution in [0.1, 0.15) is 12.5 Å². The van der Waals surface area contributed by atoms with Crippen molar-refractivity contribution in [3.8, 4) is 11.5 Å². The van der Waals surface area contributed by atoms with E-state index in [4.69, 9.17) is 15.2 Å². The van der Waals surface area contributed by atoms with Crippen LogP contribution in [0, 0.1) is 6.92 Å². The summed E-state index contributed by atoms with van der Waals surface area (Å²) in [7, 11) is 1.66. The first-order valence-electron chi connectivity index (χ1n) is 6.58. The molecule has 106 valence electrons. The minimum Gasteiger partial charge on any atom is -0.497 e. The molecule has 0 spiro atoms. The van der Waals surface area contributed by atoms with Crippen molar-refractivity contribution < 1.29 is 9.47 Å². The van der Waals surface area contributed by atoms with Crippen LogP contribution in [0.25, 0.3) is 0 Å². The van der Waals surface area contributed by atoms with Gasteiger partial charge in [-0.3, -0.25) is 0 Å². The number of ether oxygens (including phenoxy) is 2. The molecule has 0 saturated heterocycles. The van der Waals surface area contributed by atoms with Crippen molar-refractivity contribution in [2.24, 2.45) is 0 Å². The van der Waals surface area contributed by atoms with E-state index >= 15 is 0 Å². The van der Waals surface area contributed by atoms with Gasteiger partial charge < -0.3 is 20.5 Å². The second-order valence-corrected chi connectivity index (χ2v) is 4.49. The van der Waals surface area contributed by atoms with Crippen LogP contribution in [-0.4, -0.2) is 13.7 Å². The van der Waals surface area contributed by atoms with Gasteiger partial charge in [-0.05, 0) is 49.7 Å². The van der Waals surface area contributed by atoms with Crippen LogP contribution in [0.3, 0.4) is 0 Å². The molecule has 0 unspecified atom stereocenters. The molecule has 0 aliphatic heterocycles. The second-order valence-electron chi connectivity index (χ2n) is 4.49. The van der Waals surface area contributed by atoms with E-state index in [1.165, 1.54) is 0 Å². The standard InChI is InChI=1S/C16H20N2O2/c1-4-20-16-10-12(5-7-14(16)17)18-15-8-6-13(19-3)9-11(15)2/h5-10,18H,4,17H2,1-3H3. The predicted octanol–water partition coefficient (Wildman–Crippen LogP) is 3.73. The van der Waals surface area contributed by atoms with Gasteiger partial charge in [0.05, 0.1) is 19.4 Å². The molecule has 3 N–H and O–H groups in total. The number of nitrogens with one attached hydrogen (secondary N) is 1. The van der Waals surface area contributed by atoms with Gasteiger partial charge in [-0.15, -0.1) is 0 Å². The topological polar surface area (TPSA) is 56.5 Å². The van der Waals surface area contributed by atoms with Gasteiger partial charge in [-0.25, -0.2) is 0 Å². The van der Waals surface area contributed by atoms with Crippen LogP contribution in [0.15, 0.2) is 36.4 Å². The van der Waals surface area contributed by atoms with E-state index in [9.17, 15) is 0 Å². The third-order valence-electron chi connectivity index (χ3n) is 3.03. The minimum atomic E-state index is 0.592. The van der Waals surface area contributed by atoms with Crippen molar-refractivity contribution in [1.29, 1.82) is 0 Å². The monoisotopic (exact) mass is 272 g/mol. The van der Waals surface area contributed by atoms with Crippen molar-refractivity contribution in [2.45, 2.75) is 13.8 Å². The zero-order valence-corrected chi connectivity index (χ0v) is 12.1. The highest BCUT2D eigenvalue weighted by atomic mass is 16.5. The molecule has 2 aromatic rings. The number of rotatable bonds is 5. The number of benzene rings is 2. The van der Waals surface area contributed by atoms with E-state index in [0.29, 0.717) is 18.0 Å². The summed E-state index contributed by atoms with van der Waals surface area (Å²) in [6.07, 6.45) is 0. The van der Waals surface area contributed by atoms with Crippen molar-refractivity contribution in [1.82, 2.24) is 0 Å². The van der Waals surface area contributed by atoms with Crippen molar-refractivity contribution >= 4 is 17.1 Å².